The highest BCUT2D eigenvalue weighted by Crippen LogP contribution is 2.39. The Balaban J connectivity index is 1.69. The molecule has 3 rings (SSSR count). The summed E-state index contributed by atoms with van der Waals surface area (Å²) in [4.78, 5) is 1.44. The number of halogens is 1. The summed E-state index contributed by atoms with van der Waals surface area (Å²) in [5.74, 6) is 1.80. The van der Waals surface area contributed by atoms with Crippen molar-refractivity contribution >= 4 is 33.4 Å². The van der Waals surface area contributed by atoms with Gasteiger partial charge in [-0.2, -0.15) is 0 Å². The van der Waals surface area contributed by atoms with Crippen LogP contribution in [0.15, 0.2) is 57.9 Å². The van der Waals surface area contributed by atoms with Crippen LogP contribution >= 0.6 is 27.7 Å². The number of anilines is 1. The first kappa shape index (κ1) is 12.1. The summed E-state index contributed by atoms with van der Waals surface area (Å²) in [6.07, 6.45) is 0. The van der Waals surface area contributed by atoms with E-state index in [0.29, 0.717) is 5.92 Å². The molecule has 18 heavy (non-hydrogen) atoms. The second-order valence-electron chi connectivity index (χ2n) is 4.44. The highest BCUT2D eigenvalue weighted by Gasteiger charge is 2.22. The van der Waals surface area contributed by atoms with Crippen molar-refractivity contribution in [1.82, 2.24) is 0 Å². The van der Waals surface area contributed by atoms with Gasteiger partial charge in [-0.05, 0) is 29.8 Å². The molecule has 1 nitrogen and oxygen atoms in total. The molecular weight excluding hydrogens is 306 g/mol. The van der Waals surface area contributed by atoms with Gasteiger partial charge in [-0.3, -0.25) is 0 Å². The first-order chi connectivity index (χ1) is 8.83. The molecule has 0 saturated carbocycles. The van der Waals surface area contributed by atoms with E-state index in [2.05, 4.69) is 63.7 Å². The molecule has 1 N–H and O–H groups in total. The number of hydrogen-bond donors (Lipinski definition) is 1. The number of benzene rings is 2. The Morgan fingerprint density at radius 2 is 2.06 bits per heavy atom. The molecule has 1 aliphatic heterocycles. The zero-order chi connectivity index (χ0) is 12.4. The quantitative estimate of drug-likeness (QED) is 0.876. The van der Waals surface area contributed by atoms with Crippen molar-refractivity contribution in [2.45, 2.75) is 10.8 Å². The van der Waals surface area contributed by atoms with Gasteiger partial charge in [0.25, 0.3) is 0 Å². The normalized spacial score (nSPS) is 17.5. The van der Waals surface area contributed by atoms with Gasteiger partial charge in [-0.15, -0.1) is 11.8 Å². The lowest BCUT2D eigenvalue weighted by atomic mass is 10.0. The van der Waals surface area contributed by atoms with Crippen LogP contribution < -0.4 is 5.32 Å². The van der Waals surface area contributed by atoms with Gasteiger partial charge in [0, 0.05) is 33.3 Å². The Morgan fingerprint density at radius 1 is 1.17 bits per heavy atom. The van der Waals surface area contributed by atoms with E-state index < -0.39 is 0 Å². The number of fused-ring (bicyclic) bond motifs is 1. The van der Waals surface area contributed by atoms with Gasteiger partial charge in [0.1, 0.15) is 0 Å². The minimum Gasteiger partial charge on any atom is -0.384 e. The fraction of sp³-hybridized carbons (Fsp3) is 0.200. The molecule has 0 amide bonds. The molecule has 2 aromatic carbocycles. The summed E-state index contributed by atoms with van der Waals surface area (Å²) in [5.41, 5.74) is 2.67. The van der Waals surface area contributed by atoms with Gasteiger partial charge in [0.05, 0.1) is 0 Å². The van der Waals surface area contributed by atoms with Crippen molar-refractivity contribution in [3.63, 3.8) is 0 Å². The first-order valence-corrected chi connectivity index (χ1v) is 7.82. The SMILES string of the molecule is Brc1cccc(NCC2CSc3ccccc32)c1. The van der Waals surface area contributed by atoms with E-state index in [9.17, 15) is 0 Å². The Hall–Kier alpha value is -0.930. The van der Waals surface area contributed by atoms with Crippen LogP contribution in [-0.4, -0.2) is 12.3 Å². The molecule has 0 aliphatic carbocycles. The highest BCUT2D eigenvalue weighted by molar-refractivity contribution is 9.10. The lowest BCUT2D eigenvalue weighted by Crippen LogP contribution is -2.12. The minimum absolute atomic E-state index is 0.616. The number of nitrogens with one attached hydrogen (secondary N) is 1. The molecule has 0 spiro atoms. The fourth-order valence-corrected chi connectivity index (χ4v) is 3.89. The molecule has 0 aromatic heterocycles. The monoisotopic (exact) mass is 319 g/mol. The second-order valence-corrected chi connectivity index (χ2v) is 6.41. The lowest BCUT2D eigenvalue weighted by Gasteiger charge is -2.13. The standard InChI is InChI=1S/C15H14BrNS/c16-12-4-3-5-13(8-12)17-9-11-10-18-15-7-2-1-6-14(11)15/h1-8,11,17H,9-10H2. The molecule has 0 bridgehead atoms. The van der Waals surface area contributed by atoms with Crippen molar-refractivity contribution in [1.29, 1.82) is 0 Å². The van der Waals surface area contributed by atoms with Gasteiger partial charge >= 0.3 is 0 Å². The second kappa shape index (κ2) is 5.37. The van der Waals surface area contributed by atoms with Crippen LogP contribution in [0.5, 0.6) is 0 Å². The van der Waals surface area contributed by atoms with Crippen molar-refractivity contribution in [3.8, 4) is 0 Å². The maximum atomic E-state index is 3.52. The third-order valence-corrected chi connectivity index (χ3v) is 4.92. The third kappa shape index (κ3) is 2.57. The molecular formula is C15H14BrNS. The van der Waals surface area contributed by atoms with E-state index in [1.54, 1.807) is 0 Å². The summed E-state index contributed by atoms with van der Waals surface area (Å²) in [7, 11) is 0. The van der Waals surface area contributed by atoms with E-state index >= 15 is 0 Å². The smallest absolute Gasteiger partial charge is 0.0351 e. The minimum atomic E-state index is 0.616. The zero-order valence-electron chi connectivity index (χ0n) is 9.90. The average molecular weight is 320 g/mol. The molecule has 0 saturated heterocycles. The van der Waals surface area contributed by atoms with Crippen molar-refractivity contribution < 1.29 is 0 Å². The molecule has 1 unspecified atom stereocenters. The Kier molecular flexibility index (Phi) is 3.62. The van der Waals surface area contributed by atoms with Crippen molar-refractivity contribution in [2.75, 3.05) is 17.6 Å². The maximum absolute atomic E-state index is 3.52. The molecule has 3 heteroatoms. The van der Waals surface area contributed by atoms with Gasteiger partial charge < -0.3 is 5.32 Å². The van der Waals surface area contributed by atoms with Crippen LogP contribution in [0.2, 0.25) is 0 Å². The molecule has 2 aromatic rings. The van der Waals surface area contributed by atoms with Crippen LogP contribution in [0.4, 0.5) is 5.69 Å². The maximum Gasteiger partial charge on any atom is 0.0351 e. The van der Waals surface area contributed by atoms with Gasteiger partial charge in [-0.1, -0.05) is 40.2 Å². The average Bonchev–Trinajstić information content (AvgIpc) is 2.80. The Morgan fingerprint density at radius 3 is 2.94 bits per heavy atom. The highest BCUT2D eigenvalue weighted by atomic mass is 79.9. The number of rotatable bonds is 3. The summed E-state index contributed by atoms with van der Waals surface area (Å²) in [5, 5.41) is 3.52. The van der Waals surface area contributed by atoms with Crippen molar-refractivity contribution in [3.05, 3.63) is 58.6 Å². The van der Waals surface area contributed by atoms with E-state index in [1.807, 2.05) is 17.8 Å². The van der Waals surface area contributed by atoms with Gasteiger partial charge in [0.15, 0.2) is 0 Å². The summed E-state index contributed by atoms with van der Waals surface area (Å²) in [6.45, 7) is 1.00. The van der Waals surface area contributed by atoms with Crippen LogP contribution in [-0.2, 0) is 0 Å². The third-order valence-electron chi connectivity index (χ3n) is 3.18. The van der Waals surface area contributed by atoms with Gasteiger partial charge in [-0.25, -0.2) is 0 Å². The molecule has 1 atom stereocenters. The van der Waals surface area contributed by atoms with E-state index in [4.69, 9.17) is 0 Å². The topological polar surface area (TPSA) is 12.0 Å². The largest absolute Gasteiger partial charge is 0.384 e. The van der Waals surface area contributed by atoms with Crippen molar-refractivity contribution in [2.24, 2.45) is 0 Å². The van der Waals surface area contributed by atoms with E-state index in [1.165, 1.54) is 21.9 Å². The Bertz CT molecular complexity index is 556. The predicted octanol–water partition coefficient (Wildman–Crippen LogP) is 4.75. The zero-order valence-corrected chi connectivity index (χ0v) is 12.3. The van der Waals surface area contributed by atoms with Crippen LogP contribution in [0, 0.1) is 0 Å². The Labute approximate surface area is 120 Å². The molecule has 92 valence electrons. The van der Waals surface area contributed by atoms with Crippen LogP contribution in [0.25, 0.3) is 0 Å². The molecule has 1 heterocycles. The lowest BCUT2D eigenvalue weighted by molar-refractivity contribution is 0.819. The number of hydrogen-bond acceptors (Lipinski definition) is 2. The van der Waals surface area contributed by atoms with E-state index in [0.717, 1.165) is 11.0 Å². The molecule has 1 aliphatic rings. The molecule has 0 radical (unpaired) electrons. The summed E-state index contributed by atoms with van der Waals surface area (Å²) >= 11 is 5.46. The number of thioether (sulfide) groups is 1. The van der Waals surface area contributed by atoms with E-state index in [-0.39, 0.29) is 0 Å². The van der Waals surface area contributed by atoms with Crippen LogP contribution in [0.1, 0.15) is 11.5 Å². The summed E-state index contributed by atoms with van der Waals surface area (Å²) in [6, 6.07) is 17.1. The fourth-order valence-electron chi connectivity index (χ4n) is 2.24. The summed E-state index contributed by atoms with van der Waals surface area (Å²) < 4.78 is 1.12. The first-order valence-electron chi connectivity index (χ1n) is 6.04. The van der Waals surface area contributed by atoms with Gasteiger partial charge in [0.2, 0.25) is 0 Å². The predicted molar refractivity (Wildman–Crippen MR) is 82.5 cm³/mol. The van der Waals surface area contributed by atoms with Crippen LogP contribution in [0.3, 0.4) is 0 Å². The molecule has 0 fully saturated rings.